The molecule has 2 fully saturated rings. The van der Waals surface area contributed by atoms with E-state index in [0.717, 1.165) is 32.5 Å². The van der Waals surface area contributed by atoms with Gasteiger partial charge in [0, 0.05) is 45.0 Å². The van der Waals surface area contributed by atoms with Crippen LogP contribution in [0, 0.1) is 11.3 Å². The molecule has 1 unspecified atom stereocenters. The molecule has 110 valence electrons. The standard InChI is InChI=1S/C15H24N4O/c1-13-5-3-4-6-19(13)12-14(11-16)15(20)18-9-7-17(2)8-10-18/h12-13H,3-10H2,1-2H3/b14-12-. The molecule has 5 heteroatoms. The molecular formula is C15H24N4O. The predicted molar refractivity (Wildman–Crippen MR) is 77.8 cm³/mol. The van der Waals surface area contributed by atoms with Crippen LogP contribution in [0.1, 0.15) is 26.2 Å². The second kappa shape index (κ2) is 6.76. The van der Waals surface area contributed by atoms with E-state index in [1.54, 1.807) is 11.1 Å². The number of piperidine rings is 1. The van der Waals surface area contributed by atoms with Gasteiger partial charge in [0.05, 0.1) is 0 Å². The molecule has 0 N–H and O–H groups in total. The van der Waals surface area contributed by atoms with Gasteiger partial charge in [-0.3, -0.25) is 4.79 Å². The van der Waals surface area contributed by atoms with Gasteiger partial charge in [-0.25, -0.2) is 0 Å². The monoisotopic (exact) mass is 276 g/mol. The molecule has 2 saturated heterocycles. The molecule has 1 amide bonds. The quantitative estimate of drug-likeness (QED) is 0.558. The minimum Gasteiger partial charge on any atom is -0.373 e. The van der Waals surface area contributed by atoms with E-state index < -0.39 is 0 Å². The Hall–Kier alpha value is -1.54. The fourth-order valence-electron chi connectivity index (χ4n) is 2.79. The first-order valence-corrected chi connectivity index (χ1v) is 7.47. The van der Waals surface area contributed by atoms with E-state index in [9.17, 15) is 10.1 Å². The Kier molecular flexibility index (Phi) is 5.02. The minimum atomic E-state index is -0.113. The fraction of sp³-hybridized carbons (Fsp3) is 0.733. The third kappa shape index (κ3) is 3.51. The van der Waals surface area contributed by atoms with Crippen LogP contribution < -0.4 is 0 Å². The van der Waals surface area contributed by atoms with Gasteiger partial charge in [-0.15, -0.1) is 0 Å². The highest BCUT2D eigenvalue weighted by atomic mass is 16.2. The number of nitriles is 1. The van der Waals surface area contributed by atoms with Crippen LogP contribution in [0.25, 0.3) is 0 Å². The summed E-state index contributed by atoms with van der Waals surface area (Å²) in [5.41, 5.74) is 0.281. The lowest BCUT2D eigenvalue weighted by Gasteiger charge is -2.34. The molecule has 1 atom stereocenters. The lowest BCUT2D eigenvalue weighted by Crippen LogP contribution is -2.47. The number of rotatable bonds is 2. The van der Waals surface area contributed by atoms with Crippen molar-refractivity contribution in [1.82, 2.24) is 14.7 Å². The maximum Gasteiger partial charge on any atom is 0.266 e. The lowest BCUT2D eigenvalue weighted by atomic mass is 10.0. The minimum absolute atomic E-state index is 0.113. The third-order valence-corrected chi connectivity index (χ3v) is 4.29. The number of hydrogen-bond donors (Lipinski definition) is 0. The molecule has 0 bridgehead atoms. The number of carbonyl (C=O) groups is 1. The van der Waals surface area contributed by atoms with E-state index in [1.807, 2.05) is 0 Å². The number of hydrogen-bond acceptors (Lipinski definition) is 4. The Bertz CT molecular complexity index is 418. The molecule has 2 aliphatic rings. The second-order valence-corrected chi connectivity index (χ2v) is 5.83. The molecule has 0 aliphatic carbocycles. The molecule has 20 heavy (non-hydrogen) atoms. The number of piperazine rings is 1. The molecule has 0 aromatic heterocycles. The molecule has 2 rings (SSSR count). The number of likely N-dealkylation sites (tertiary alicyclic amines) is 1. The van der Waals surface area contributed by atoms with Gasteiger partial charge in [-0.05, 0) is 33.2 Å². The van der Waals surface area contributed by atoms with Crippen molar-refractivity contribution in [3.05, 3.63) is 11.8 Å². The van der Waals surface area contributed by atoms with E-state index in [4.69, 9.17) is 0 Å². The first-order valence-electron chi connectivity index (χ1n) is 7.47. The summed E-state index contributed by atoms with van der Waals surface area (Å²) in [4.78, 5) is 18.6. The van der Waals surface area contributed by atoms with Crippen LogP contribution in [-0.4, -0.2) is 66.4 Å². The van der Waals surface area contributed by atoms with E-state index in [-0.39, 0.29) is 11.5 Å². The van der Waals surface area contributed by atoms with Crippen molar-refractivity contribution < 1.29 is 4.79 Å². The van der Waals surface area contributed by atoms with Crippen LogP contribution in [0.2, 0.25) is 0 Å². The number of carbonyl (C=O) groups excluding carboxylic acids is 1. The van der Waals surface area contributed by atoms with E-state index >= 15 is 0 Å². The van der Waals surface area contributed by atoms with Crippen molar-refractivity contribution in [1.29, 1.82) is 5.26 Å². The zero-order chi connectivity index (χ0) is 14.5. The molecular weight excluding hydrogens is 252 g/mol. The zero-order valence-electron chi connectivity index (χ0n) is 12.5. The Labute approximate surface area is 121 Å². The molecule has 0 aromatic rings. The van der Waals surface area contributed by atoms with Gasteiger partial charge in [0.25, 0.3) is 5.91 Å². The van der Waals surface area contributed by atoms with Gasteiger partial charge >= 0.3 is 0 Å². The highest BCUT2D eigenvalue weighted by Crippen LogP contribution is 2.18. The van der Waals surface area contributed by atoms with Gasteiger partial charge < -0.3 is 14.7 Å². The van der Waals surface area contributed by atoms with Crippen LogP contribution >= 0.6 is 0 Å². The predicted octanol–water partition coefficient (Wildman–Crippen LogP) is 1.04. The molecule has 2 heterocycles. The topological polar surface area (TPSA) is 50.6 Å². The Balaban J connectivity index is 2.03. The van der Waals surface area contributed by atoms with Crippen LogP contribution in [0.3, 0.4) is 0 Å². The van der Waals surface area contributed by atoms with Crippen LogP contribution in [0.5, 0.6) is 0 Å². The maximum absolute atomic E-state index is 12.4. The van der Waals surface area contributed by atoms with E-state index in [1.165, 1.54) is 6.42 Å². The van der Waals surface area contributed by atoms with Crippen molar-refractivity contribution in [3.8, 4) is 6.07 Å². The number of amides is 1. The van der Waals surface area contributed by atoms with Gasteiger partial charge in [-0.1, -0.05) is 0 Å². The highest BCUT2D eigenvalue weighted by Gasteiger charge is 2.24. The van der Waals surface area contributed by atoms with Crippen molar-refractivity contribution in [3.63, 3.8) is 0 Å². The van der Waals surface area contributed by atoms with Crippen molar-refractivity contribution >= 4 is 5.91 Å². The molecule has 0 aromatic carbocycles. The molecule has 0 saturated carbocycles. The molecule has 0 spiro atoms. The van der Waals surface area contributed by atoms with Crippen molar-refractivity contribution in [2.75, 3.05) is 39.8 Å². The summed E-state index contributed by atoms with van der Waals surface area (Å²) >= 11 is 0. The average Bonchev–Trinajstić information content (AvgIpc) is 2.46. The summed E-state index contributed by atoms with van der Waals surface area (Å²) in [5, 5.41) is 9.29. The summed E-state index contributed by atoms with van der Waals surface area (Å²) in [6.45, 7) is 6.29. The average molecular weight is 276 g/mol. The number of likely N-dealkylation sites (N-methyl/N-ethyl adjacent to an activating group) is 1. The Morgan fingerprint density at radius 3 is 2.50 bits per heavy atom. The third-order valence-electron chi connectivity index (χ3n) is 4.29. The molecule has 5 nitrogen and oxygen atoms in total. The van der Waals surface area contributed by atoms with E-state index in [2.05, 4.69) is 29.8 Å². The van der Waals surface area contributed by atoms with Gasteiger partial charge in [0.15, 0.2) is 0 Å². The maximum atomic E-state index is 12.4. The molecule has 2 aliphatic heterocycles. The Morgan fingerprint density at radius 1 is 1.20 bits per heavy atom. The van der Waals surface area contributed by atoms with Gasteiger partial charge in [0.1, 0.15) is 11.6 Å². The normalized spacial score (nSPS) is 25.4. The lowest BCUT2D eigenvalue weighted by molar-refractivity contribution is -0.128. The van der Waals surface area contributed by atoms with Crippen LogP contribution in [-0.2, 0) is 4.79 Å². The summed E-state index contributed by atoms with van der Waals surface area (Å²) in [6, 6.07) is 2.52. The summed E-state index contributed by atoms with van der Waals surface area (Å²) in [6.07, 6.45) is 5.30. The van der Waals surface area contributed by atoms with Crippen LogP contribution in [0.4, 0.5) is 0 Å². The zero-order valence-corrected chi connectivity index (χ0v) is 12.5. The highest BCUT2D eigenvalue weighted by molar-refractivity contribution is 5.97. The van der Waals surface area contributed by atoms with Gasteiger partial charge in [0.2, 0.25) is 0 Å². The molecule has 0 radical (unpaired) electrons. The summed E-state index contributed by atoms with van der Waals surface area (Å²) in [7, 11) is 2.05. The van der Waals surface area contributed by atoms with Crippen molar-refractivity contribution in [2.24, 2.45) is 0 Å². The fourth-order valence-corrected chi connectivity index (χ4v) is 2.79. The van der Waals surface area contributed by atoms with Crippen LogP contribution in [0.15, 0.2) is 11.8 Å². The van der Waals surface area contributed by atoms with E-state index in [0.29, 0.717) is 19.1 Å². The largest absolute Gasteiger partial charge is 0.373 e. The Morgan fingerprint density at radius 2 is 1.90 bits per heavy atom. The summed E-state index contributed by atoms with van der Waals surface area (Å²) in [5.74, 6) is -0.113. The first kappa shape index (κ1) is 14.9. The van der Waals surface area contributed by atoms with Gasteiger partial charge in [-0.2, -0.15) is 5.26 Å². The number of nitrogens with zero attached hydrogens (tertiary/aromatic N) is 4. The second-order valence-electron chi connectivity index (χ2n) is 5.83. The van der Waals surface area contributed by atoms with Crippen molar-refractivity contribution in [2.45, 2.75) is 32.2 Å². The first-order chi connectivity index (χ1) is 9.61. The SMILES string of the molecule is CC1CCCCN1/C=C(/C#N)C(=O)N1CCN(C)CC1. The smallest absolute Gasteiger partial charge is 0.266 e. The summed E-state index contributed by atoms with van der Waals surface area (Å²) < 4.78 is 0.